The van der Waals surface area contributed by atoms with Crippen molar-refractivity contribution in [2.75, 3.05) is 37.3 Å². The topological polar surface area (TPSA) is 83.5 Å². The van der Waals surface area contributed by atoms with Gasteiger partial charge in [0, 0.05) is 38.4 Å². The summed E-state index contributed by atoms with van der Waals surface area (Å²) in [5, 5.41) is 0. The molecule has 1 aromatic carbocycles. The summed E-state index contributed by atoms with van der Waals surface area (Å²) in [5.74, 6) is 0.555. The standard InChI is InChI=1S/C23H30N4O3S/c1-17(18-8-4-3-5-9-18)22(28)26-14-10-19(11-15-26)21-20(31(2,29)30)16-24-23(25-21)27-12-6-7-13-27/h3-5,8-9,16-17,19H,6-7,10-15H2,1-2H3. The van der Waals surface area contributed by atoms with Gasteiger partial charge in [0.05, 0.1) is 17.8 Å². The minimum Gasteiger partial charge on any atom is -0.342 e. The smallest absolute Gasteiger partial charge is 0.229 e. The molecule has 31 heavy (non-hydrogen) atoms. The molecular weight excluding hydrogens is 412 g/mol. The predicted molar refractivity (Wildman–Crippen MR) is 120 cm³/mol. The van der Waals surface area contributed by atoms with Crippen molar-refractivity contribution in [1.82, 2.24) is 14.9 Å². The third-order valence-corrected chi connectivity index (χ3v) is 7.54. The lowest BCUT2D eigenvalue weighted by atomic mass is 9.91. The number of carbonyl (C=O) groups is 1. The highest BCUT2D eigenvalue weighted by Gasteiger charge is 2.31. The first-order valence-corrected chi connectivity index (χ1v) is 12.9. The van der Waals surface area contributed by atoms with Crippen LogP contribution in [0, 0.1) is 0 Å². The van der Waals surface area contributed by atoms with Gasteiger partial charge in [0.25, 0.3) is 0 Å². The molecule has 2 fully saturated rings. The number of benzene rings is 1. The molecule has 1 atom stereocenters. The normalized spacial score (nSPS) is 18.9. The minimum atomic E-state index is -3.43. The molecule has 1 amide bonds. The second-order valence-corrected chi connectivity index (χ2v) is 10.6. The Balaban J connectivity index is 1.51. The van der Waals surface area contributed by atoms with E-state index in [1.54, 1.807) is 0 Å². The lowest BCUT2D eigenvalue weighted by Gasteiger charge is -2.34. The van der Waals surface area contributed by atoms with E-state index in [9.17, 15) is 13.2 Å². The second-order valence-electron chi connectivity index (χ2n) is 8.62. The highest BCUT2D eigenvalue weighted by atomic mass is 32.2. The van der Waals surface area contributed by atoms with Crippen LogP contribution in [0.3, 0.4) is 0 Å². The predicted octanol–water partition coefficient (Wildman–Crippen LogP) is 2.99. The van der Waals surface area contributed by atoms with Crippen LogP contribution < -0.4 is 4.90 Å². The van der Waals surface area contributed by atoms with Gasteiger partial charge >= 0.3 is 0 Å². The summed E-state index contributed by atoms with van der Waals surface area (Å²) in [7, 11) is -3.43. The maximum Gasteiger partial charge on any atom is 0.229 e. The molecule has 2 aromatic rings. The van der Waals surface area contributed by atoms with Crippen LogP contribution in [0.15, 0.2) is 41.4 Å². The number of likely N-dealkylation sites (tertiary alicyclic amines) is 1. The van der Waals surface area contributed by atoms with Crippen LogP contribution in [-0.2, 0) is 14.6 Å². The molecule has 0 N–H and O–H groups in total. The van der Waals surface area contributed by atoms with Gasteiger partial charge in [0.2, 0.25) is 11.9 Å². The van der Waals surface area contributed by atoms with Crippen molar-refractivity contribution in [1.29, 1.82) is 0 Å². The Kier molecular flexibility index (Phi) is 6.27. The number of rotatable bonds is 5. The van der Waals surface area contributed by atoms with E-state index in [-0.39, 0.29) is 22.6 Å². The van der Waals surface area contributed by atoms with Gasteiger partial charge in [-0.15, -0.1) is 0 Å². The third-order valence-electron chi connectivity index (χ3n) is 6.42. The lowest BCUT2D eigenvalue weighted by molar-refractivity contribution is -0.133. The number of amides is 1. The molecule has 7 nitrogen and oxygen atoms in total. The molecule has 4 rings (SSSR count). The lowest BCUT2D eigenvalue weighted by Crippen LogP contribution is -2.40. The van der Waals surface area contributed by atoms with Gasteiger partial charge in [-0.2, -0.15) is 0 Å². The summed E-state index contributed by atoms with van der Waals surface area (Å²) in [6.07, 6.45) is 6.29. The number of piperidine rings is 1. The first kappa shape index (κ1) is 21.7. The van der Waals surface area contributed by atoms with E-state index in [0.29, 0.717) is 37.6 Å². The van der Waals surface area contributed by atoms with Gasteiger partial charge < -0.3 is 9.80 Å². The number of carbonyl (C=O) groups excluding carboxylic acids is 1. The molecule has 0 spiro atoms. The second kappa shape index (κ2) is 8.94. The Morgan fingerprint density at radius 1 is 1.06 bits per heavy atom. The van der Waals surface area contributed by atoms with Crippen LogP contribution in [-0.4, -0.2) is 61.6 Å². The van der Waals surface area contributed by atoms with Crippen LogP contribution in [0.4, 0.5) is 5.95 Å². The third kappa shape index (κ3) is 4.74. The average Bonchev–Trinajstić information content (AvgIpc) is 3.33. The molecule has 2 aliphatic rings. The molecule has 0 radical (unpaired) electrons. The molecule has 2 saturated heterocycles. The fourth-order valence-electron chi connectivity index (χ4n) is 4.55. The summed E-state index contributed by atoms with van der Waals surface area (Å²) < 4.78 is 24.8. The molecule has 8 heteroatoms. The van der Waals surface area contributed by atoms with Crippen molar-refractivity contribution in [2.45, 2.75) is 49.3 Å². The zero-order valence-electron chi connectivity index (χ0n) is 18.2. The molecule has 0 aliphatic carbocycles. The maximum atomic E-state index is 13.0. The van der Waals surface area contributed by atoms with Gasteiger partial charge in [0.1, 0.15) is 4.90 Å². The largest absolute Gasteiger partial charge is 0.342 e. The Hall–Kier alpha value is -2.48. The summed E-state index contributed by atoms with van der Waals surface area (Å²) in [4.78, 5) is 26.3. The Bertz CT molecular complexity index is 1030. The summed E-state index contributed by atoms with van der Waals surface area (Å²) in [6.45, 7) is 4.96. The van der Waals surface area contributed by atoms with E-state index in [1.165, 1.54) is 12.5 Å². The number of anilines is 1. The van der Waals surface area contributed by atoms with Crippen LogP contribution in [0.2, 0.25) is 0 Å². The van der Waals surface area contributed by atoms with Gasteiger partial charge in [-0.25, -0.2) is 18.4 Å². The molecule has 0 saturated carbocycles. The Morgan fingerprint density at radius 2 is 1.71 bits per heavy atom. The highest BCUT2D eigenvalue weighted by Crippen LogP contribution is 2.33. The minimum absolute atomic E-state index is 0.00478. The molecule has 166 valence electrons. The molecule has 3 heterocycles. The molecule has 1 aromatic heterocycles. The molecule has 0 bridgehead atoms. The van der Waals surface area contributed by atoms with E-state index in [4.69, 9.17) is 4.98 Å². The fourth-order valence-corrected chi connectivity index (χ4v) is 5.39. The van der Waals surface area contributed by atoms with E-state index >= 15 is 0 Å². The van der Waals surface area contributed by atoms with Gasteiger partial charge in [-0.3, -0.25) is 4.79 Å². The number of hydrogen-bond donors (Lipinski definition) is 0. The Morgan fingerprint density at radius 3 is 2.32 bits per heavy atom. The van der Waals surface area contributed by atoms with E-state index in [0.717, 1.165) is 31.5 Å². The number of nitrogens with zero attached hydrogens (tertiary/aromatic N) is 4. The number of aromatic nitrogens is 2. The summed E-state index contributed by atoms with van der Waals surface area (Å²) in [5.41, 5.74) is 1.63. The van der Waals surface area contributed by atoms with Crippen molar-refractivity contribution in [3.63, 3.8) is 0 Å². The first-order chi connectivity index (χ1) is 14.8. The summed E-state index contributed by atoms with van der Waals surface area (Å²) >= 11 is 0. The van der Waals surface area contributed by atoms with Crippen molar-refractivity contribution in [3.8, 4) is 0 Å². The fraction of sp³-hybridized carbons (Fsp3) is 0.522. The zero-order chi connectivity index (χ0) is 22.0. The quantitative estimate of drug-likeness (QED) is 0.708. The van der Waals surface area contributed by atoms with Crippen LogP contribution in [0.25, 0.3) is 0 Å². The van der Waals surface area contributed by atoms with E-state index in [1.807, 2.05) is 42.2 Å². The van der Waals surface area contributed by atoms with E-state index in [2.05, 4.69) is 9.88 Å². The molecule has 1 unspecified atom stereocenters. The van der Waals surface area contributed by atoms with Crippen molar-refractivity contribution >= 4 is 21.7 Å². The summed E-state index contributed by atoms with van der Waals surface area (Å²) in [6, 6.07) is 9.81. The van der Waals surface area contributed by atoms with Crippen molar-refractivity contribution in [2.24, 2.45) is 0 Å². The molecule has 2 aliphatic heterocycles. The van der Waals surface area contributed by atoms with Crippen molar-refractivity contribution < 1.29 is 13.2 Å². The molecular formula is C23H30N4O3S. The van der Waals surface area contributed by atoms with Gasteiger partial charge in [-0.1, -0.05) is 30.3 Å². The highest BCUT2D eigenvalue weighted by molar-refractivity contribution is 7.90. The first-order valence-electron chi connectivity index (χ1n) is 11.0. The Labute approximate surface area is 184 Å². The van der Waals surface area contributed by atoms with Crippen LogP contribution >= 0.6 is 0 Å². The number of hydrogen-bond acceptors (Lipinski definition) is 6. The maximum absolute atomic E-state index is 13.0. The monoisotopic (exact) mass is 442 g/mol. The zero-order valence-corrected chi connectivity index (χ0v) is 19.0. The van der Waals surface area contributed by atoms with Gasteiger partial charge in [0.15, 0.2) is 9.84 Å². The van der Waals surface area contributed by atoms with Crippen LogP contribution in [0.5, 0.6) is 0 Å². The van der Waals surface area contributed by atoms with Crippen LogP contribution in [0.1, 0.15) is 55.7 Å². The number of sulfone groups is 1. The van der Waals surface area contributed by atoms with Crippen molar-refractivity contribution in [3.05, 3.63) is 47.8 Å². The van der Waals surface area contributed by atoms with Gasteiger partial charge in [-0.05, 0) is 38.2 Å². The SMILES string of the molecule is CC(C(=O)N1CCC(c2nc(N3CCCC3)ncc2S(C)(=O)=O)CC1)c1ccccc1. The average molecular weight is 443 g/mol. The van der Waals surface area contributed by atoms with E-state index < -0.39 is 9.84 Å².